The fourth-order valence-corrected chi connectivity index (χ4v) is 2.43. The topological polar surface area (TPSA) is 72.7 Å². The molecule has 0 fully saturated rings. The number of carbonyl (C=O) groups is 1. The third kappa shape index (κ3) is 3.51. The number of nitro benzene ring substituents is 1. The smallest absolute Gasteiger partial charge is 0.285 e. The first-order valence-electron chi connectivity index (χ1n) is 7.17. The molecular weight excluding hydrogens is 315 g/mol. The highest BCUT2D eigenvalue weighted by atomic mass is 19.1. The van der Waals surface area contributed by atoms with Crippen molar-refractivity contribution in [2.24, 2.45) is 0 Å². The van der Waals surface area contributed by atoms with Gasteiger partial charge in [-0.05, 0) is 30.7 Å². The highest BCUT2D eigenvalue weighted by Crippen LogP contribution is 2.25. The fourth-order valence-electron chi connectivity index (χ4n) is 2.43. The van der Waals surface area contributed by atoms with Crippen molar-refractivity contribution in [1.82, 2.24) is 4.90 Å². The van der Waals surface area contributed by atoms with E-state index in [-0.39, 0.29) is 23.5 Å². The van der Waals surface area contributed by atoms with Crippen LogP contribution in [-0.4, -0.2) is 29.9 Å². The maximum atomic E-state index is 13.7. The molecule has 0 saturated carbocycles. The largest absolute Gasteiger partial charge is 0.494 e. The molecule has 0 aliphatic rings. The van der Waals surface area contributed by atoms with Crippen LogP contribution in [0.1, 0.15) is 21.5 Å². The number of hydrogen-bond acceptors (Lipinski definition) is 4. The minimum atomic E-state index is -0.566. The van der Waals surface area contributed by atoms with Gasteiger partial charge in [0, 0.05) is 19.2 Å². The average Bonchev–Trinajstić information content (AvgIpc) is 2.53. The Bertz CT molecular complexity index is 792. The summed E-state index contributed by atoms with van der Waals surface area (Å²) in [5.74, 6) is -0.916. The van der Waals surface area contributed by atoms with Gasteiger partial charge in [-0.2, -0.15) is 0 Å². The van der Waals surface area contributed by atoms with Crippen molar-refractivity contribution < 1.29 is 18.8 Å². The van der Waals surface area contributed by atoms with Crippen molar-refractivity contribution in [3.8, 4) is 5.75 Å². The number of benzene rings is 2. The Morgan fingerprint density at radius 2 is 2.04 bits per heavy atom. The number of nitrogens with zero attached hydrogens (tertiary/aromatic N) is 2. The molecule has 0 N–H and O–H groups in total. The van der Waals surface area contributed by atoms with Crippen LogP contribution in [0.5, 0.6) is 5.75 Å². The second kappa shape index (κ2) is 7.08. The zero-order valence-corrected chi connectivity index (χ0v) is 13.6. The molecule has 2 rings (SSSR count). The predicted molar refractivity (Wildman–Crippen MR) is 86.6 cm³/mol. The normalized spacial score (nSPS) is 10.3. The number of hydrogen-bond donors (Lipinski definition) is 0. The second-order valence-corrected chi connectivity index (χ2v) is 5.36. The summed E-state index contributed by atoms with van der Waals surface area (Å²) in [7, 11) is 2.88. The molecule has 0 radical (unpaired) electrons. The summed E-state index contributed by atoms with van der Waals surface area (Å²) < 4.78 is 18.6. The summed E-state index contributed by atoms with van der Waals surface area (Å²) in [5, 5.41) is 11.2. The highest BCUT2D eigenvalue weighted by molar-refractivity contribution is 5.98. The molecule has 2 aromatic carbocycles. The van der Waals surface area contributed by atoms with Crippen molar-refractivity contribution in [3.63, 3.8) is 0 Å². The van der Waals surface area contributed by atoms with Gasteiger partial charge in [0.1, 0.15) is 5.56 Å². The molecule has 0 saturated heterocycles. The van der Waals surface area contributed by atoms with Gasteiger partial charge in [-0.15, -0.1) is 0 Å². The van der Waals surface area contributed by atoms with Crippen molar-refractivity contribution in [2.45, 2.75) is 13.5 Å². The zero-order valence-electron chi connectivity index (χ0n) is 13.6. The minimum Gasteiger partial charge on any atom is -0.494 e. The first-order valence-corrected chi connectivity index (χ1v) is 7.17. The fraction of sp³-hybridized carbons (Fsp3) is 0.235. The summed E-state index contributed by atoms with van der Waals surface area (Å²) in [6.07, 6.45) is 0. The quantitative estimate of drug-likeness (QED) is 0.622. The first kappa shape index (κ1) is 17.4. The van der Waals surface area contributed by atoms with Gasteiger partial charge in [0.15, 0.2) is 11.6 Å². The SMILES string of the molecule is COc1ccc(CN(C)C(=O)c2cccc(C)c2[N+](=O)[O-])cc1F. The van der Waals surface area contributed by atoms with Crippen LogP contribution in [0.4, 0.5) is 10.1 Å². The first-order chi connectivity index (χ1) is 11.3. The summed E-state index contributed by atoms with van der Waals surface area (Å²) >= 11 is 0. The van der Waals surface area contributed by atoms with E-state index in [1.54, 1.807) is 25.1 Å². The highest BCUT2D eigenvalue weighted by Gasteiger charge is 2.24. The van der Waals surface area contributed by atoms with E-state index in [0.717, 1.165) is 0 Å². The van der Waals surface area contributed by atoms with Crippen molar-refractivity contribution in [2.75, 3.05) is 14.2 Å². The Morgan fingerprint density at radius 3 is 2.62 bits per heavy atom. The third-order valence-electron chi connectivity index (χ3n) is 3.63. The standard InChI is InChI=1S/C17H17FN2O4/c1-11-5-4-6-13(16(11)20(22)23)17(21)19(2)10-12-7-8-15(24-3)14(18)9-12/h4-9H,10H2,1-3H3. The molecule has 0 aliphatic carbocycles. The number of nitro groups is 1. The Labute approximate surface area is 138 Å². The molecule has 0 bridgehead atoms. The molecule has 1 amide bonds. The van der Waals surface area contributed by atoms with Gasteiger partial charge in [-0.1, -0.05) is 18.2 Å². The molecule has 24 heavy (non-hydrogen) atoms. The molecule has 0 atom stereocenters. The summed E-state index contributed by atoms with van der Waals surface area (Å²) in [6, 6.07) is 8.96. The van der Waals surface area contributed by atoms with E-state index in [9.17, 15) is 19.3 Å². The van der Waals surface area contributed by atoms with E-state index in [1.165, 1.54) is 37.3 Å². The molecule has 0 heterocycles. The lowest BCUT2D eigenvalue weighted by Crippen LogP contribution is -2.27. The third-order valence-corrected chi connectivity index (χ3v) is 3.63. The second-order valence-electron chi connectivity index (χ2n) is 5.36. The van der Waals surface area contributed by atoms with Gasteiger partial charge < -0.3 is 9.64 Å². The number of ether oxygens (including phenoxy) is 1. The number of aryl methyl sites for hydroxylation is 1. The molecule has 126 valence electrons. The lowest BCUT2D eigenvalue weighted by molar-refractivity contribution is -0.385. The Hall–Kier alpha value is -2.96. The summed E-state index contributed by atoms with van der Waals surface area (Å²) in [5.41, 5.74) is 0.765. The van der Waals surface area contributed by atoms with Crippen LogP contribution in [0.2, 0.25) is 0 Å². The molecule has 7 heteroatoms. The van der Waals surface area contributed by atoms with Crippen LogP contribution < -0.4 is 4.74 Å². The van der Waals surface area contributed by atoms with Gasteiger partial charge in [-0.3, -0.25) is 14.9 Å². The predicted octanol–water partition coefficient (Wildman–Crippen LogP) is 3.32. The molecule has 0 unspecified atom stereocenters. The maximum Gasteiger partial charge on any atom is 0.285 e. The average molecular weight is 332 g/mol. The van der Waals surface area contributed by atoms with Gasteiger partial charge in [0.25, 0.3) is 11.6 Å². The molecule has 0 spiro atoms. The molecule has 0 aromatic heterocycles. The number of methoxy groups -OCH3 is 1. The Kier molecular flexibility index (Phi) is 5.13. The van der Waals surface area contributed by atoms with E-state index < -0.39 is 16.6 Å². The van der Waals surface area contributed by atoms with Crippen LogP contribution in [0.25, 0.3) is 0 Å². The van der Waals surface area contributed by atoms with Crippen molar-refractivity contribution in [1.29, 1.82) is 0 Å². The monoisotopic (exact) mass is 332 g/mol. The van der Waals surface area contributed by atoms with Crippen LogP contribution >= 0.6 is 0 Å². The van der Waals surface area contributed by atoms with E-state index >= 15 is 0 Å². The van der Waals surface area contributed by atoms with E-state index in [2.05, 4.69) is 0 Å². The molecular formula is C17H17FN2O4. The number of amides is 1. The van der Waals surface area contributed by atoms with Gasteiger partial charge in [0.05, 0.1) is 12.0 Å². The van der Waals surface area contributed by atoms with E-state index in [1.807, 2.05) is 0 Å². The number of carbonyl (C=O) groups excluding carboxylic acids is 1. The lowest BCUT2D eigenvalue weighted by Gasteiger charge is -2.18. The number of rotatable bonds is 5. The van der Waals surface area contributed by atoms with Gasteiger partial charge in [0.2, 0.25) is 0 Å². The van der Waals surface area contributed by atoms with E-state index in [0.29, 0.717) is 11.1 Å². The van der Waals surface area contributed by atoms with Gasteiger partial charge >= 0.3 is 0 Å². The van der Waals surface area contributed by atoms with Crippen molar-refractivity contribution in [3.05, 3.63) is 69.0 Å². The van der Waals surface area contributed by atoms with Crippen LogP contribution in [0.3, 0.4) is 0 Å². The van der Waals surface area contributed by atoms with Crippen LogP contribution in [-0.2, 0) is 6.54 Å². The number of halogens is 1. The minimum absolute atomic E-state index is 0.0106. The Balaban J connectivity index is 2.26. The van der Waals surface area contributed by atoms with E-state index in [4.69, 9.17) is 4.74 Å². The molecule has 6 nitrogen and oxygen atoms in total. The molecule has 0 aliphatic heterocycles. The van der Waals surface area contributed by atoms with Crippen molar-refractivity contribution >= 4 is 11.6 Å². The zero-order chi connectivity index (χ0) is 17.9. The van der Waals surface area contributed by atoms with Crippen LogP contribution in [0.15, 0.2) is 36.4 Å². The molecule has 2 aromatic rings. The lowest BCUT2D eigenvalue weighted by atomic mass is 10.1. The maximum absolute atomic E-state index is 13.7. The van der Waals surface area contributed by atoms with Gasteiger partial charge in [-0.25, -0.2) is 4.39 Å². The Morgan fingerprint density at radius 1 is 1.33 bits per heavy atom. The number of para-hydroxylation sites is 1. The summed E-state index contributed by atoms with van der Waals surface area (Å²) in [4.78, 5) is 24.5. The summed E-state index contributed by atoms with van der Waals surface area (Å²) in [6.45, 7) is 1.69. The van der Waals surface area contributed by atoms with Crippen LogP contribution in [0, 0.1) is 22.9 Å².